The maximum absolute atomic E-state index is 9.91. The highest BCUT2D eigenvalue weighted by Gasteiger charge is 2.33. The number of aryl methyl sites for hydroxylation is 1. The van der Waals surface area contributed by atoms with Crippen molar-refractivity contribution in [2.75, 3.05) is 6.54 Å². The van der Waals surface area contributed by atoms with E-state index < -0.39 is 5.60 Å². The van der Waals surface area contributed by atoms with Crippen LogP contribution in [-0.2, 0) is 13.1 Å². The van der Waals surface area contributed by atoms with Crippen molar-refractivity contribution in [3.8, 4) is 0 Å². The van der Waals surface area contributed by atoms with Crippen molar-refractivity contribution in [2.45, 2.75) is 51.3 Å². The Kier molecular flexibility index (Phi) is 3.56. The fraction of sp³-hybridized carbons (Fsp3) is 0.818. The van der Waals surface area contributed by atoms with E-state index in [0.717, 1.165) is 38.1 Å². The zero-order chi connectivity index (χ0) is 11.4. The van der Waals surface area contributed by atoms with Gasteiger partial charge in [-0.3, -0.25) is 0 Å². The molecule has 1 fully saturated rings. The van der Waals surface area contributed by atoms with Gasteiger partial charge >= 0.3 is 0 Å². The first-order valence-electron chi connectivity index (χ1n) is 6.03. The topological polar surface area (TPSA) is 63.0 Å². The Balaban J connectivity index is 1.78. The summed E-state index contributed by atoms with van der Waals surface area (Å²) in [6.45, 7) is 4.37. The van der Waals surface area contributed by atoms with Gasteiger partial charge in [-0.1, -0.05) is 6.92 Å². The molecule has 0 bridgehead atoms. The summed E-state index contributed by atoms with van der Waals surface area (Å²) < 4.78 is 1.91. The zero-order valence-corrected chi connectivity index (χ0v) is 9.82. The van der Waals surface area contributed by atoms with Crippen molar-refractivity contribution in [2.24, 2.45) is 0 Å². The van der Waals surface area contributed by atoms with Crippen molar-refractivity contribution in [1.29, 1.82) is 0 Å². The zero-order valence-electron chi connectivity index (χ0n) is 9.82. The first-order chi connectivity index (χ1) is 7.73. The predicted molar refractivity (Wildman–Crippen MR) is 60.8 cm³/mol. The van der Waals surface area contributed by atoms with Crippen LogP contribution in [0.4, 0.5) is 0 Å². The van der Waals surface area contributed by atoms with Gasteiger partial charge < -0.3 is 10.4 Å². The summed E-state index contributed by atoms with van der Waals surface area (Å²) in [4.78, 5) is 4.21. The van der Waals surface area contributed by atoms with Crippen molar-refractivity contribution < 1.29 is 5.11 Å². The molecule has 1 saturated carbocycles. The SMILES string of the molecule is CCCn1ncnc1CNCC1(O)CCC1. The lowest BCUT2D eigenvalue weighted by molar-refractivity contribution is -0.0316. The smallest absolute Gasteiger partial charge is 0.140 e. The molecular weight excluding hydrogens is 204 g/mol. The molecule has 1 aliphatic carbocycles. The van der Waals surface area contributed by atoms with E-state index in [9.17, 15) is 5.11 Å². The largest absolute Gasteiger partial charge is 0.389 e. The molecule has 0 saturated heterocycles. The van der Waals surface area contributed by atoms with E-state index in [1.54, 1.807) is 6.33 Å². The van der Waals surface area contributed by atoms with Crippen molar-refractivity contribution >= 4 is 0 Å². The van der Waals surface area contributed by atoms with Crippen molar-refractivity contribution in [1.82, 2.24) is 20.1 Å². The molecule has 2 rings (SSSR count). The van der Waals surface area contributed by atoms with E-state index in [1.165, 1.54) is 0 Å². The first-order valence-corrected chi connectivity index (χ1v) is 6.03. The molecule has 90 valence electrons. The first kappa shape index (κ1) is 11.5. The Labute approximate surface area is 95.9 Å². The molecule has 0 radical (unpaired) electrons. The van der Waals surface area contributed by atoms with Gasteiger partial charge in [0.15, 0.2) is 0 Å². The van der Waals surface area contributed by atoms with Crippen molar-refractivity contribution in [3.05, 3.63) is 12.2 Å². The lowest BCUT2D eigenvalue weighted by Crippen LogP contribution is -2.46. The molecule has 0 atom stereocenters. The monoisotopic (exact) mass is 224 g/mol. The summed E-state index contributed by atoms with van der Waals surface area (Å²) in [5, 5.41) is 17.3. The lowest BCUT2D eigenvalue weighted by atomic mass is 9.80. The van der Waals surface area contributed by atoms with Gasteiger partial charge in [-0.05, 0) is 25.7 Å². The average Bonchev–Trinajstić information content (AvgIpc) is 2.64. The van der Waals surface area contributed by atoms with Crippen LogP contribution in [0.25, 0.3) is 0 Å². The van der Waals surface area contributed by atoms with Crippen molar-refractivity contribution in [3.63, 3.8) is 0 Å². The van der Waals surface area contributed by atoms with Gasteiger partial charge in [-0.2, -0.15) is 5.10 Å². The van der Waals surface area contributed by atoms with E-state index in [-0.39, 0.29) is 0 Å². The molecule has 1 aromatic rings. The second-order valence-corrected chi connectivity index (χ2v) is 4.58. The lowest BCUT2D eigenvalue weighted by Gasteiger charge is -2.36. The van der Waals surface area contributed by atoms with Gasteiger partial charge in [0, 0.05) is 13.1 Å². The standard InChI is InChI=1S/C11H20N4O/c1-2-6-15-10(13-9-14-15)7-12-8-11(16)4-3-5-11/h9,12,16H,2-8H2,1H3. The number of hydrogen-bond acceptors (Lipinski definition) is 4. The predicted octanol–water partition coefficient (Wildman–Crippen LogP) is 0.693. The Hall–Kier alpha value is -0.940. The molecule has 0 unspecified atom stereocenters. The number of nitrogens with one attached hydrogen (secondary N) is 1. The highest BCUT2D eigenvalue weighted by atomic mass is 16.3. The van der Waals surface area contributed by atoms with Gasteiger partial charge in [0.05, 0.1) is 12.1 Å². The van der Waals surface area contributed by atoms with Crippen LogP contribution in [0.1, 0.15) is 38.4 Å². The molecular formula is C11H20N4O. The number of nitrogens with zero attached hydrogens (tertiary/aromatic N) is 3. The second-order valence-electron chi connectivity index (χ2n) is 4.58. The van der Waals surface area contributed by atoms with Crippen LogP contribution < -0.4 is 5.32 Å². The van der Waals surface area contributed by atoms with Gasteiger partial charge in [-0.15, -0.1) is 0 Å². The third-order valence-electron chi connectivity index (χ3n) is 3.15. The van der Waals surface area contributed by atoms with Crippen LogP contribution in [0.2, 0.25) is 0 Å². The van der Waals surface area contributed by atoms with Crippen LogP contribution in [0, 0.1) is 0 Å². The minimum Gasteiger partial charge on any atom is -0.389 e. The van der Waals surface area contributed by atoms with E-state index in [2.05, 4.69) is 22.3 Å². The molecule has 5 nitrogen and oxygen atoms in total. The molecule has 0 aromatic carbocycles. The highest BCUT2D eigenvalue weighted by molar-refractivity contribution is 4.91. The quantitative estimate of drug-likeness (QED) is 0.746. The molecule has 0 aliphatic heterocycles. The Morgan fingerprint density at radius 1 is 1.56 bits per heavy atom. The number of hydrogen-bond donors (Lipinski definition) is 2. The molecule has 16 heavy (non-hydrogen) atoms. The molecule has 1 heterocycles. The number of aliphatic hydroxyl groups is 1. The molecule has 1 aromatic heterocycles. The maximum atomic E-state index is 9.91. The maximum Gasteiger partial charge on any atom is 0.140 e. The third kappa shape index (κ3) is 2.59. The van der Waals surface area contributed by atoms with Crippen LogP contribution in [0.15, 0.2) is 6.33 Å². The van der Waals surface area contributed by atoms with E-state index >= 15 is 0 Å². The summed E-state index contributed by atoms with van der Waals surface area (Å²) in [6.07, 6.45) is 5.62. The summed E-state index contributed by atoms with van der Waals surface area (Å²) >= 11 is 0. The Morgan fingerprint density at radius 3 is 3.00 bits per heavy atom. The highest BCUT2D eigenvalue weighted by Crippen LogP contribution is 2.30. The number of rotatable bonds is 6. The summed E-state index contributed by atoms with van der Waals surface area (Å²) in [5.74, 6) is 0.949. The van der Waals surface area contributed by atoms with Gasteiger partial charge in [0.2, 0.25) is 0 Å². The third-order valence-corrected chi connectivity index (χ3v) is 3.15. The second kappa shape index (κ2) is 4.93. The molecule has 0 spiro atoms. The molecule has 1 aliphatic rings. The Morgan fingerprint density at radius 2 is 2.38 bits per heavy atom. The minimum atomic E-state index is -0.463. The summed E-state index contributed by atoms with van der Waals surface area (Å²) in [7, 11) is 0. The Bertz CT molecular complexity index is 332. The van der Waals surface area contributed by atoms with Crippen LogP contribution in [-0.4, -0.2) is 32.0 Å². The van der Waals surface area contributed by atoms with E-state index in [1.807, 2.05) is 4.68 Å². The van der Waals surface area contributed by atoms with E-state index in [4.69, 9.17) is 0 Å². The normalized spacial score (nSPS) is 18.4. The van der Waals surface area contributed by atoms with Crippen LogP contribution in [0.5, 0.6) is 0 Å². The van der Waals surface area contributed by atoms with Crippen LogP contribution >= 0.6 is 0 Å². The fourth-order valence-corrected chi connectivity index (χ4v) is 1.99. The summed E-state index contributed by atoms with van der Waals surface area (Å²) in [6, 6.07) is 0. The van der Waals surface area contributed by atoms with E-state index in [0.29, 0.717) is 13.1 Å². The fourth-order valence-electron chi connectivity index (χ4n) is 1.99. The molecule has 2 N–H and O–H groups in total. The minimum absolute atomic E-state index is 0.463. The van der Waals surface area contributed by atoms with Gasteiger partial charge in [0.25, 0.3) is 0 Å². The molecule has 0 amide bonds. The molecule has 5 heteroatoms. The number of aromatic nitrogens is 3. The van der Waals surface area contributed by atoms with Crippen LogP contribution in [0.3, 0.4) is 0 Å². The van der Waals surface area contributed by atoms with Gasteiger partial charge in [-0.25, -0.2) is 9.67 Å². The average molecular weight is 224 g/mol. The van der Waals surface area contributed by atoms with Gasteiger partial charge in [0.1, 0.15) is 12.2 Å². The summed E-state index contributed by atoms with van der Waals surface area (Å²) in [5.41, 5.74) is -0.463.